The number of amides is 1. The van der Waals surface area contributed by atoms with Crippen LogP contribution in [0, 0.1) is 0 Å². The second-order valence-electron chi connectivity index (χ2n) is 2.33. The largest absolute Gasteiger partial charge is 0.370 e. The lowest BCUT2D eigenvalue weighted by Crippen LogP contribution is -2.09. The Hall–Kier alpha value is -0.570. The molecule has 3 heteroatoms. The number of rotatable bonds is 6. The van der Waals surface area contributed by atoms with Gasteiger partial charge in [0.2, 0.25) is 5.91 Å². The smallest absolute Gasteiger partial charge is 0.217 e. The molecular formula is C7H14NO2. The van der Waals surface area contributed by atoms with Gasteiger partial charge in [-0.1, -0.05) is 12.8 Å². The van der Waals surface area contributed by atoms with Gasteiger partial charge in [0.25, 0.3) is 0 Å². The Balaban J connectivity index is 2.84. The van der Waals surface area contributed by atoms with E-state index in [1.807, 2.05) is 0 Å². The fraction of sp³-hybridized carbons (Fsp3) is 0.857. The van der Waals surface area contributed by atoms with Crippen molar-refractivity contribution in [2.75, 3.05) is 6.61 Å². The molecule has 0 unspecified atom stereocenters. The van der Waals surface area contributed by atoms with E-state index in [0.29, 0.717) is 6.42 Å². The van der Waals surface area contributed by atoms with Gasteiger partial charge in [0.15, 0.2) is 0 Å². The highest BCUT2D eigenvalue weighted by Gasteiger charge is 1.93. The molecule has 0 saturated heterocycles. The summed E-state index contributed by atoms with van der Waals surface area (Å²) in [5, 5.41) is 9.94. The predicted molar refractivity (Wildman–Crippen MR) is 37.8 cm³/mol. The summed E-state index contributed by atoms with van der Waals surface area (Å²) in [6, 6.07) is 0. The molecule has 10 heavy (non-hydrogen) atoms. The second kappa shape index (κ2) is 6.55. The van der Waals surface area contributed by atoms with Crippen molar-refractivity contribution < 1.29 is 9.90 Å². The van der Waals surface area contributed by atoms with Gasteiger partial charge in [0, 0.05) is 6.42 Å². The molecule has 1 amide bonds. The van der Waals surface area contributed by atoms with Gasteiger partial charge in [-0.15, -0.1) is 0 Å². The van der Waals surface area contributed by atoms with Crippen molar-refractivity contribution in [2.24, 2.45) is 5.73 Å². The van der Waals surface area contributed by atoms with Crippen LogP contribution in [0.4, 0.5) is 0 Å². The average molecular weight is 144 g/mol. The van der Waals surface area contributed by atoms with Gasteiger partial charge >= 0.3 is 0 Å². The molecular weight excluding hydrogens is 130 g/mol. The van der Waals surface area contributed by atoms with E-state index in [1.54, 1.807) is 0 Å². The summed E-state index contributed by atoms with van der Waals surface area (Å²) < 4.78 is 0. The summed E-state index contributed by atoms with van der Waals surface area (Å²) in [5.41, 5.74) is 4.91. The van der Waals surface area contributed by atoms with Crippen molar-refractivity contribution in [1.82, 2.24) is 0 Å². The lowest BCUT2D eigenvalue weighted by molar-refractivity contribution is -0.118. The van der Waals surface area contributed by atoms with Crippen LogP contribution in [0.1, 0.15) is 32.1 Å². The maximum Gasteiger partial charge on any atom is 0.217 e. The van der Waals surface area contributed by atoms with E-state index in [4.69, 9.17) is 5.73 Å². The summed E-state index contributed by atoms with van der Waals surface area (Å²) >= 11 is 0. The highest BCUT2D eigenvalue weighted by molar-refractivity contribution is 5.73. The predicted octanol–water partition coefficient (Wildman–Crippen LogP) is 0.853. The van der Waals surface area contributed by atoms with Crippen molar-refractivity contribution in [3.05, 3.63) is 0 Å². The van der Waals surface area contributed by atoms with E-state index in [9.17, 15) is 9.90 Å². The number of carbonyl (C=O) groups excluding carboxylic acids is 1. The molecule has 0 rings (SSSR count). The Morgan fingerprint density at radius 2 is 1.70 bits per heavy atom. The zero-order valence-corrected chi connectivity index (χ0v) is 6.14. The van der Waals surface area contributed by atoms with Crippen LogP contribution in [0.3, 0.4) is 0 Å². The quantitative estimate of drug-likeness (QED) is 0.552. The Morgan fingerprint density at radius 3 is 2.20 bits per heavy atom. The Kier molecular flexibility index (Phi) is 6.18. The second-order valence-corrected chi connectivity index (χ2v) is 2.33. The Labute approximate surface area is 61.2 Å². The lowest BCUT2D eigenvalue weighted by atomic mass is 10.1. The molecule has 0 aliphatic rings. The van der Waals surface area contributed by atoms with Gasteiger partial charge in [-0.25, -0.2) is 5.11 Å². The SMILES string of the molecule is NC(=O)CCCCCC[O]. The van der Waals surface area contributed by atoms with Crippen LogP contribution in [0.2, 0.25) is 0 Å². The van der Waals surface area contributed by atoms with Gasteiger partial charge in [-0.2, -0.15) is 0 Å². The van der Waals surface area contributed by atoms with Crippen LogP contribution in [-0.4, -0.2) is 12.5 Å². The van der Waals surface area contributed by atoms with Crippen LogP contribution in [0.5, 0.6) is 0 Å². The molecule has 1 radical (unpaired) electrons. The molecule has 2 N–H and O–H groups in total. The lowest BCUT2D eigenvalue weighted by Gasteiger charge is -1.94. The molecule has 0 fully saturated rings. The molecule has 0 aromatic carbocycles. The minimum absolute atomic E-state index is 0.00340. The number of unbranched alkanes of at least 4 members (excludes halogenated alkanes) is 3. The zero-order chi connectivity index (χ0) is 7.82. The highest BCUT2D eigenvalue weighted by atomic mass is 16.2. The molecule has 3 nitrogen and oxygen atoms in total. The van der Waals surface area contributed by atoms with E-state index in [-0.39, 0.29) is 12.5 Å². The van der Waals surface area contributed by atoms with Crippen molar-refractivity contribution in [2.45, 2.75) is 32.1 Å². The standard InChI is InChI=1S/C7H14NO2/c8-7(10)5-3-1-2-4-6-9/h1-6H2,(H2,8,10). The van der Waals surface area contributed by atoms with Crippen molar-refractivity contribution in [3.63, 3.8) is 0 Å². The van der Waals surface area contributed by atoms with Gasteiger partial charge in [-0.3, -0.25) is 4.79 Å². The molecule has 0 bridgehead atoms. The Morgan fingerprint density at radius 1 is 1.10 bits per heavy atom. The molecule has 0 atom stereocenters. The molecule has 0 spiro atoms. The number of carbonyl (C=O) groups is 1. The number of primary amides is 1. The molecule has 0 aliphatic carbocycles. The zero-order valence-electron chi connectivity index (χ0n) is 6.14. The van der Waals surface area contributed by atoms with E-state index in [2.05, 4.69) is 0 Å². The number of hydrogen-bond acceptors (Lipinski definition) is 1. The summed E-state index contributed by atoms with van der Waals surface area (Å²) in [6.07, 6.45) is 3.88. The van der Waals surface area contributed by atoms with Crippen LogP contribution in [-0.2, 0) is 9.90 Å². The molecule has 0 saturated carbocycles. The van der Waals surface area contributed by atoms with E-state index < -0.39 is 0 Å². The van der Waals surface area contributed by atoms with Crippen molar-refractivity contribution in [1.29, 1.82) is 0 Å². The third-order valence-corrected chi connectivity index (χ3v) is 1.32. The summed E-state index contributed by atoms with van der Waals surface area (Å²) in [5.74, 6) is -0.248. The average Bonchev–Trinajstić information content (AvgIpc) is 1.87. The van der Waals surface area contributed by atoms with Gasteiger partial charge in [0.1, 0.15) is 0 Å². The summed E-state index contributed by atoms with van der Waals surface area (Å²) in [4.78, 5) is 10.2. The monoisotopic (exact) mass is 144 g/mol. The highest BCUT2D eigenvalue weighted by Crippen LogP contribution is 2.01. The van der Waals surface area contributed by atoms with Crippen LogP contribution < -0.4 is 5.73 Å². The maximum atomic E-state index is 10.2. The van der Waals surface area contributed by atoms with Crippen LogP contribution in [0.15, 0.2) is 0 Å². The molecule has 0 aliphatic heterocycles. The van der Waals surface area contributed by atoms with Crippen LogP contribution in [0.25, 0.3) is 0 Å². The minimum Gasteiger partial charge on any atom is -0.370 e. The molecule has 59 valence electrons. The van der Waals surface area contributed by atoms with E-state index in [0.717, 1.165) is 25.7 Å². The molecule has 0 aromatic heterocycles. The molecule has 0 heterocycles. The first-order valence-corrected chi connectivity index (χ1v) is 3.64. The first-order chi connectivity index (χ1) is 4.77. The van der Waals surface area contributed by atoms with Crippen LogP contribution >= 0.6 is 0 Å². The topological polar surface area (TPSA) is 63.0 Å². The van der Waals surface area contributed by atoms with Gasteiger partial charge < -0.3 is 5.73 Å². The summed E-state index contributed by atoms with van der Waals surface area (Å²) in [6.45, 7) is -0.00340. The van der Waals surface area contributed by atoms with Gasteiger partial charge in [0.05, 0.1) is 6.61 Å². The van der Waals surface area contributed by atoms with E-state index >= 15 is 0 Å². The summed E-state index contributed by atoms with van der Waals surface area (Å²) in [7, 11) is 0. The number of hydrogen-bond donors (Lipinski definition) is 1. The van der Waals surface area contributed by atoms with Gasteiger partial charge in [-0.05, 0) is 12.8 Å². The fourth-order valence-electron chi connectivity index (χ4n) is 0.755. The first kappa shape index (κ1) is 9.43. The normalized spacial score (nSPS) is 9.70. The third-order valence-electron chi connectivity index (χ3n) is 1.32. The minimum atomic E-state index is -0.248. The third kappa shape index (κ3) is 7.43. The maximum absolute atomic E-state index is 10.2. The first-order valence-electron chi connectivity index (χ1n) is 3.64. The van der Waals surface area contributed by atoms with Crippen molar-refractivity contribution in [3.8, 4) is 0 Å². The number of nitrogens with two attached hydrogens (primary N) is 1. The fourth-order valence-corrected chi connectivity index (χ4v) is 0.755. The molecule has 0 aromatic rings. The van der Waals surface area contributed by atoms with Crippen molar-refractivity contribution >= 4 is 5.91 Å². The Bertz CT molecular complexity index is 93.6. The van der Waals surface area contributed by atoms with E-state index in [1.165, 1.54) is 0 Å².